The minimum Gasteiger partial charge on any atom is -0.482 e. The summed E-state index contributed by atoms with van der Waals surface area (Å²) in [6.45, 7) is 4.55. The van der Waals surface area contributed by atoms with Crippen molar-refractivity contribution in [2.24, 2.45) is 0 Å². The molecule has 0 bridgehead atoms. The Kier molecular flexibility index (Phi) is 5.84. The smallest absolute Gasteiger partial charge is 0.261 e. The fourth-order valence-corrected chi connectivity index (χ4v) is 2.31. The lowest BCUT2D eigenvalue weighted by Gasteiger charge is -2.27. The fraction of sp³-hybridized carbons (Fsp3) is 0.278. The molecule has 0 aliphatic rings. The summed E-state index contributed by atoms with van der Waals surface area (Å²) in [5.41, 5.74) is 1.10. The zero-order valence-corrected chi connectivity index (χ0v) is 13.6. The molecule has 0 radical (unpaired) electrons. The van der Waals surface area contributed by atoms with Gasteiger partial charge in [0.1, 0.15) is 5.75 Å². The maximum absolute atomic E-state index is 12.4. The van der Waals surface area contributed by atoms with Gasteiger partial charge in [0.15, 0.2) is 6.61 Å². The molecule has 22 heavy (non-hydrogen) atoms. The van der Waals surface area contributed by atoms with Crippen LogP contribution >= 0.6 is 11.6 Å². The second-order valence-electron chi connectivity index (χ2n) is 5.32. The van der Waals surface area contributed by atoms with E-state index in [2.05, 4.69) is 0 Å². The topological polar surface area (TPSA) is 29.5 Å². The molecule has 116 valence electrons. The molecule has 0 spiro atoms. The summed E-state index contributed by atoms with van der Waals surface area (Å²) in [6, 6.07) is 17.2. The van der Waals surface area contributed by atoms with Crippen LogP contribution in [0.3, 0.4) is 0 Å². The van der Waals surface area contributed by atoms with Gasteiger partial charge in [-0.25, -0.2) is 0 Å². The van der Waals surface area contributed by atoms with Crippen molar-refractivity contribution in [3.8, 4) is 5.75 Å². The van der Waals surface area contributed by atoms with Gasteiger partial charge < -0.3 is 9.64 Å². The van der Waals surface area contributed by atoms with E-state index in [9.17, 15) is 4.79 Å². The van der Waals surface area contributed by atoms with E-state index in [0.717, 1.165) is 5.56 Å². The van der Waals surface area contributed by atoms with E-state index in [1.807, 2.05) is 56.3 Å². The zero-order valence-electron chi connectivity index (χ0n) is 12.8. The van der Waals surface area contributed by atoms with Gasteiger partial charge in [-0.2, -0.15) is 0 Å². The van der Waals surface area contributed by atoms with Crippen LogP contribution in [0.5, 0.6) is 5.75 Å². The molecule has 3 nitrogen and oxygen atoms in total. The van der Waals surface area contributed by atoms with Crippen molar-refractivity contribution < 1.29 is 9.53 Å². The average molecular weight is 318 g/mol. The number of hydrogen-bond donors (Lipinski definition) is 0. The van der Waals surface area contributed by atoms with Crippen molar-refractivity contribution in [3.05, 3.63) is 65.2 Å². The van der Waals surface area contributed by atoms with Gasteiger partial charge in [-0.15, -0.1) is 0 Å². The lowest BCUT2D eigenvalue weighted by Crippen LogP contribution is -2.39. The summed E-state index contributed by atoms with van der Waals surface area (Å²) < 4.78 is 5.54. The first-order chi connectivity index (χ1) is 10.6. The van der Waals surface area contributed by atoms with Crippen molar-refractivity contribution in [3.63, 3.8) is 0 Å². The number of rotatable bonds is 6. The van der Waals surface area contributed by atoms with E-state index in [1.54, 1.807) is 17.0 Å². The Bertz CT molecular complexity index is 613. The molecule has 2 rings (SSSR count). The minimum atomic E-state index is -0.0567. The SMILES string of the molecule is CC(C)N(Cc1ccccc1)C(=O)COc1ccccc1Cl. The first-order valence-corrected chi connectivity index (χ1v) is 7.66. The van der Waals surface area contributed by atoms with Gasteiger partial charge in [-0.1, -0.05) is 54.1 Å². The molecule has 0 atom stereocenters. The van der Waals surface area contributed by atoms with Crippen molar-refractivity contribution in [1.82, 2.24) is 4.90 Å². The largest absolute Gasteiger partial charge is 0.482 e. The summed E-state index contributed by atoms with van der Waals surface area (Å²) in [5.74, 6) is 0.472. The third kappa shape index (κ3) is 4.50. The number of benzene rings is 2. The highest BCUT2D eigenvalue weighted by atomic mass is 35.5. The Labute approximate surface area is 136 Å². The molecular formula is C18H20ClNO2. The number of amides is 1. The molecule has 0 heterocycles. The lowest BCUT2D eigenvalue weighted by atomic mass is 10.2. The molecule has 0 aliphatic heterocycles. The van der Waals surface area contributed by atoms with Crippen molar-refractivity contribution in [2.45, 2.75) is 26.4 Å². The molecule has 0 fully saturated rings. The van der Waals surface area contributed by atoms with Crippen LogP contribution in [0, 0.1) is 0 Å². The molecule has 0 aliphatic carbocycles. The number of halogens is 1. The Hall–Kier alpha value is -2.00. The highest BCUT2D eigenvalue weighted by Crippen LogP contribution is 2.23. The normalized spacial score (nSPS) is 10.5. The van der Waals surface area contributed by atoms with Crippen LogP contribution in [-0.4, -0.2) is 23.5 Å². The number of carbonyl (C=O) groups is 1. The predicted octanol–water partition coefficient (Wildman–Crippen LogP) is 4.16. The number of ether oxygens (including phenoxy) is 1. The van der Waals surface area contributed by atoms with Gasteiger partial charge in [-0.3, -0.25) is 4.79 Å². The van der Waals surface area contributed by atoms with E-state index in [1.165, 1.54) is 0 Å². The fourth-order valence-electron chi connectivity index (χ4n) is 2.12. The molecule has 1 amide bonds. The van der Waals surface area contributed by atoms with Crippen molar-refractivity contribution in [1.29, 1.82) is 0 Å². The monoisotopic (exact) mass is 317 g/mol. The van der Waals surface area contributed by atoms with Gasteiger partial charge in [0.25, 0.3) is 5.91 Å². The molecule has 2 aromatic carbocycles. The molecule has 0 saturated heterocycles. The van der Waals surface area contributed by atoms with E-state index in [0.29, 0.717) is 17.3 Å². The molecule has 2 aromatic rings. The van der Waals surface area contributed by atoms with Gasteiger partial charge in [0.05, 0.1) is 5.02 Å². The van der Waals surface area contributed by atoms with E-state index in [-0.39, 0.29) is 18.6 Å². The summed E-state index contributed by atoms with van der Waals surface area (Å²) in [6.07, 6.45) is 0. The Balaban J connectivity index is 2.00. The maximum atomic E-state index is 12.4. The summed E-state index contributed by atoms with van der Waals surface area (Å²) >= 11 is 6.03. The van der Waals surface area contributed by atoms with Crippen LogP contribution in [0.15, 0.2) is 54.6 Å². The Morgan fingerprint density at radius 3 is 2.36 bits per heavy atom. The van der Waals surface area contributed by atoms with Crippen LogP contribution in [0.25, 0.3) is 0 Å². The third-order valence-electron chi connectivity index (χ3n) is 3.33. The zero-order chi connectivity index (χ0) is 15.9. The molecular weight excluding hydrogens is 298 g/mol. The summed E-state index contributed by atoms with van der Waals surface area (Å²) in [4.78, 5) is 14.2. The Morgan fingerprint density at radius 2 is 1.73 bits per heavy atom. The van der Waals surface area contributed by atoms with Crippen LogP contribution in [0.4, 0.5) is 0 Å². The number of nitrogens with zero attached hydrogens (tertiary/aromatic N) is 1. The average Bonchev–Trinajstić information content (AvgIpc) is 2.52. The van der Waals surface area contributed by atoms with Crippen LogP contribution < -0.4 is 4.74 Å². The molecule has 0 aromatic heterocycles. The number of hydrogen-bond acceptors (Lipinski definition) is 2. The molecule has 4 heteroatoms. The molecule has 0 saturated carbocycles. The predicted molar refractivity (Wildman–Crippen MR) is 89.1 cm³/mol. The quantitative estimate of drug-likeness (QED) is 0.800. The van der Waals surface area contributed by atoms with E-state index < -0.39 is 0 Å². The van der Waals surface area contributed by atoms with Crippen LogP contribution in [0.1, 0.15) is 19.4 Å². The molecule has 0 N–H and O–H groups in total. The van der Waals surface area contributed by atoms with Crippen molar-refractivity contribution in [2.75, 3.05) is 6.61 Å². The summed E-state index contributed by atoms with van der Waals surface area (Å²) in [5, 5.41) is 0.509. The summed E-state index contributed by atoms with van der Waals surface area (Å²) in [7, 11) is 0. The number of para-hydroxylation sites is 1. The highest BCUT2D eigenvalue weighted by Gasteiger charge is 2.18. The second kappa shape index (κ2) is 7.85. The Morgan fingerprint density at radius 1 is 1.09 bits per heavy atom. The van der Waals surface area contributed by atoms with Gasteiger partial charge in [0, 0.05) is 12.6 Å². The first-order valence-electron chi connectivity index (χ1n) is 7.28. The van der Waals surface area contributed by atoms with E-state index in [4.69, 9.17) is 16.3 Å². The third-order valence-corrected chi connectivity index (χ3v) is 3.64. The lowest BCUT2D eigenvalue weighted by molar-refractivity contribution is -0.135. The van der Waals surface area contributed by atoms with E-state index >= 15 is 0 Å². The first kappa shape index (κ1) is 16.4. The molecule has 0 unspecified atom stereocenters. The number of carbonyl (C=O) groups excluding carboxylic acids is 1. The second-order valence-corrected chi connectivity index (χ2v) is 5.73. The van der Waals surface area contributed by atoms with Gasteiger partial charge in [0.2, 0.25) is 0 Å². The van der Waals surface area contributed by atoms with Crippen LogP contribution in [0.2, 0.25) is 5.02 Å². The van der Waals surface area contributed by atoms with Gasteiger partial charge in [-0.05, 0) is 31.5 Å². The van der Waals surface area contributed by atoms with Crippen LogP contribution in [-0.2, 0) is 11.3 Å². The highest BCUT2D eigenvalue weighted by molar-refractivity contribution is 6.32. The van der Waals surface area contributed by atoms with Gasteiger partial charge >= 0.3 is 0 Å². The maximum Gasteiger partial charge on any atom is 0.261 e. The standard InChI is InChI=1S/C18H20ClNO2/c1-14(2)20(12-15-8-4-3-5-9-15)18(21)13-22-17-11-7-6-10-16(17)19/h3-11,14H,12-13H2,1-2H3. The van der Waals surface area contributed by atoms with Crippen molar-refractivity contribution >= 4 is 17.5 Å². The minimum absolute atomic E-state index is 0.0191.